The number of hydrogen-bond donors (Lipinski definition) is 1. The second kappa shape index (κ2) is 5.30. The van der Waals surface area contributed by atoms with Gasteiger partial charge in [-0.1, -0.05) is 0 Å². The van der Waals surface area contributed by atoms with Crippen LogP contribution < -0.4 is 5.73 Å². The van der Waals surface area contributed by atoms with Crippen molar-refractivity contribution in [2.45, 2.75) is 37.5 Å². The van der Waals surface area contributed by atoms with E-state index in [9.17, 15) is 0 Å². The quantitative estimate of drug-likeness (QED) is 0.854. The average Bonchev–Trinajstić information content (AvgIpc) is 2.90. The molecule has 0 aromatic carbocycles. The highest BCUT2D eigenvalue weighted by Crippen LogP contribution is 2.34. The number of fused-ring (bicyclic) bond motifs is 1. The van der Waals surface area contributed by atoms with Crippen LogP contribution in [0, 0.1) is 0 Å². The zero-order chi connectivity index (χ0) is 12.4. The van der Waals surface area contributed by atoms with Crippen molar-refractivity contribution >= 4 is 0 Å². The normalized spacial score (nSPS) is 30.1. The van der Waals surface area contributed by atoms with Crippen molar-refractivity contribution in [1.82, 2.24) is 14.9 Å². The molecule has 2 heterocycles. The fourth-order valence-electron chi connectivity index (χ4n) is 3.27. The van der Waals surface area contributed by atoms with E-state index in [2.05, 4.69) is 14.9 Å². The Bertz CT molecular complexity index is 386. The summed E-state index contributed by atoms with van der Waals surface area (Å²) in [5.41, 5.74) is 7.00. The molecule has 1 saturated carbocycles. The first-order valence-corrected chi connectivity index (χ1v) is 6.73. The molecule has 1 saturated heterocycles. The minimum absolute atomic E-state index is 0.197. The van der Waals surface area contributed by atoms with Crippen LogP contribution in [0.3, 0.4) is 0 Å². The summed E-state index contributed by atoms with van der Waals surface area (Å²) >= 11 is 0. The van der Waals surface area contributed by atoms with E-state index >= 15 is 0 Å². The van der Waals surface area contributed by atoms with Gasteiger partial charge in [-0.25, -0.2) is 9.97 Å². The first-order valence-electron chi connectivity index (χ1n) is 6.73. The van der Waals surface area contributed by atoms with Gasteiger partial charge in [-0.05, 0) is 25.3 Å². The maximum absolute atomic E-state index is 5.98. The van der Waals surface area contributed by atoms with Crippen molar-refractivity contribution in [2.75, 3.05) is 19.7 Å². The monoisotopic (exact) mass is 248 g/mol. The van der Waals surface area contributed by atoms with Crippen LogP contribution in [0.1, 0.15) is 31.0 Å². The van der Waals surface area contributed by atoms with Gasteiger partial charge >= 0.3 is 0 Å². The first-order chi connectivity index (χ1) is 8.90. The highest BCUT2D eigenvalue weighted by Gasteiger charge is 2.39. The highest BCUT2D eigenvalue weighted by atomic mass is 16.5. The van der Waals surface area contributed by atoms with Crippen LogP contribution in [0.5, 0.6) is 0 Å². The van der Waals surface area contributed by atoms with Crippen LogP contribution in [0.15, 0.2) is 18.6 Å². The number of aromatic nitrogens is 2. The van der Waals surface area contributed by atoms with E-state index in [1.165, 1.54) is 19.3 Å². The Hall–Kier alpha value is -1.04. The molecule has 1 aromatic rings. The summed E-state index contributed by atoms with van der Waals surface area (Å²) in [4.78, 5) is 10.8. The molecule has 5 nitrogen and oxygen atoms in total. The first kappa shape index (κ1) is 12.0. The van der Waals surface area contributed by atoms with Gasteiger partial charge in [0.15, 0.2) is 0 Å². The van der Waals surface area contributed by atoms with E-state index in [0.717, 1.165) is 18.8 Å². The number of nitrogens with zero attached hydrogens (tertiary/aromatic N) is 3. The molecule has 3 unspecified atom stereocenters. The smallest absolute Gasteiger partial charge is 0.115 e. The Morgan fingerprint density at radius 1 is 1.50 bits per heavy atom. The lowest BCUT2D eigenvalue weighted by molar-refractivity contribution is -0.0717. The summed E-state index contributed by atoms with van der Waals surface area (Å²) in [5, 5.41) is 0. The Kier molecular flexibility index (Phi) is 3.54. The second-order valence-corrected chi connectivity index (χ2v) is 5.03. The van der Waals surface area contributed by atoms with E-state index in [1.807, 2.05) is 6.07 Å². The summed E-state index contributed by atoms with van der Waals surface area (Å²) in [5.74, 6) is 0. The molecule has 0 radical (unpaired) electrons. The number of rotatable bonds is 3. The standard InChI is InChI=1S/C13H20N4O/c14-8-12(10-4-5-15-9-16-10)17-6-7-18-13-3-1-2-11(13)17/h4-5,9,11-13H,1-3,6-8,14H2. The molecule has 2 N–H and O–H groups in total. The molecule has 5 heteroatoms. The predicted molar refractivity (Wildman–Crippen MR) is 67.9 cm³/mol. The van der Waals surface area contributed by atoms with E-state index in [-0.39, 0.29) is 6.04 Å². The van der Waals surface area contributed by atoms with E-state index in [4.69, 9.17) is 10.5 Å². The molecular weight excluding hydrogens is 228 g/mol. The average molecular weight is 248 g/mol. The van der Waals surface area contributed by atoms with Gasteiger partial charge in [0.05, 0.1) is 24.4 Å². The lowest BCUT2D eigenvalue weighted by Gasteiger charge is -2.42. The van der Waals surface area contributed by atoms with Crippen LogP contribution in [0.25, 0.3) is 0 Å². The summed E-state index contributed by atoms with van der Waals surface area (Å²) in [6, 6.07) is 2.68. The largest absolute Gasteiger partial charge is 0.375 e. The molecule has 1 aliphatic heterocycles. The molecule has 3 rings (SSSR count). The lowest BCUT2D eigenvalue weighted by Crippen LogP contribution is -2.51. The van der Waals surface area contributed by atoms with Crippen LogP contribution in [-0.2, 0) is 4.74 Å². The lowest BCUT2D eigenvalue weighted by atomic mass is 10.0. The topological polar surface area (TPSA) is 64.3 Å². The van der Waals surface area contributed by atoms with Crippen molar-refractivity contribution in [3.05, 3.63) is 24.3 Å². The van der Waals surface area contributed by atoms with Crippen molar-refractivity contribution in [2.24, 2.45) is 5.73 Å². The van der Waals surface area contributed by atoms with Gasteiger partial charge in [0.1, 0.15) is 6.33 Å². The molecule has 18 heavy (non-hydrogen) atoms. The van der Waals surface area contributed by atoms with Crippen LogP contribution in [0.4, 0.5) is 0 Å². The van der Waals surface area contributed by atoms with E-state index in [0.29, 0.717) is 18.7 Å². The van der Waals surface area contributed by atoms with Gasteiger partial charge in [-0.15, -0.1) is 0 Å². The Balaban J connectivity index is 1.82. The molecule has 2 aliphatic rings. The third kappa shape index (κ3) is 2.13. The Morgan fingerprint density at radius 3 is 3.22 bits per heavy atom. The number of morpholine rings is 1. The fourth-order valence-corrected chi connectivity index (χ4v) is 3.27. The van der Waals surface area contributed by atoms with Gasteiger partial charge < -0.3 is 10.5 Å². The van der Waals surface area contributed by atoms with E-state index < -0.39 is 0 Å². The molecule has 3 atom stereocenters. The number of ether oxygens (including phenoxy) is 1. The third-order valence-corrected chi connectivity index (χ3v) is 4.09. The minimum Gasteiger partial charge on any atom is -0.375 e. The third-order valence-electron chi connectivity index (χ3n) is 4.09. The molecule has 98 valence electrons. The molecule has 1 aromatic heterocycles. The SMILES string of the molecule is NCC(c1ccncn1)N1CCOC2CCCC21. The Morgan fingerprint density at radius 2 is 2.44 bits per heavy atom. The summed E-state index contributed by atoms with van der Waals surface area (Å²) in [6.07, 6.45) is 7.44. The van der Waals surface area contributed by atoms with Crippen molar-refractivity contribution in [3.8, 4) is 0 Å². The van der Waals surface area contributed by atoms with Crippen LogP contribution >= 0.6 is 0 Å². The van der Waals surface area contributed by atoms with Gasteiger partial charge in [0.25, 0.3) is 0 Å². The summed E-state index contributed by atoms with van der Waals surface area (Å²) in [7, 11) is 0. The number of nitrogens with two attached hydrogens (primary N) is 1. The minimum atomic E-state index is 0.197. The van der Waals surface area contributed by atoms with Crippen molar-refractivity contribution < 1.29 is 4.74 Å². The maximum Gasteiger partial charge on any atom is 0.115 e. The highest BCUT2D eigenvalue weighted by molar-refractivity contribution is 5.08. The molecule has 0 bridgehead atoms. The van der Waals surface area contributed by atoms with Crippen LogP contribution in [-0.4, -0.2) is 46.7 Å². The maximum atomic E-state index is 5.98. The van der Waals surface area contributed by atoms with E-state index in [1.54, 1.807) is 12.5 Å². The van der Waals surface area contributed by atoms with Crippen molar-refractivity contribution in [1.29, 1.82) is 0 Å². The van der Waals surface area contributed by atoms with Gasteiger partial charge in [0, 0.05) is 25.3 Å². The summed E-state index contributed by atoms with van der Waals surface area (Å²) in [6.45, 7) is 2.36. The molecule has 1 aliphatic carbocycles. The summed E-state index contributed by atoms with van der Waals surface area (Å²) < 4.78 is 5.85. The zero-order valence-electron chi connectivity index (χ0n) is 10.5. The fraction of sp³-hybridized carbons (Fsp3) is 0.692. The Labute approximate surface area is 107 Å². The van der Waals surface area contributed by atoms with Crippen molar-refractivity contribution in [3.63, 3.8) is 0 Å². The molecular formula is C13H20N4O. The number of hydrogen-bond acceptors (Lipinski definition) is 5. The van der Waals surface area contributed by atoms with Gasteiger partial charge in [-0.2, -0.15) is 0 Å². The molecule has 2 fully saturated rings. The van der Waals surface area contributed by atoms with Crippen LogP contribution in [0.2, 0.25) is 0 Å². The molecule has 0 spiro atoms. The second-order valence-electron chi connectivity index (χ2n) is 5.03. The zero-order valence-corrected chi connectivity index (χ0v) is 10.5. The molecule has 0 amide bonds. The van der Waals surface area contributed by atoms with Gasteiger partial charge in [-0.3, -0.25) is 4.90 Å². The predicted octanol–water partition coefficient (Wildman–Crippen LogP) is 0.730. The van der Waals surface area contributed by atoms with Gasteiger partial charge in [0.2, 0.25) is 0 Å².